The van der Waals surface area contributed by atoms with Gasteiger partial charge in [0.2, 0.25) is 0 Å². The molecule has 0 spiro atoms. The van der Waals surface area contributed by atoms with Gasteiger partial charge in [-0.3, -0.25) is 4.98 Å². The smallest absolute Gasteiger partial charge is 0.161 e. The molecule has 5 nitrogen and oxygen atoms in total. The van der Waals surface area contributed by atoms with E-state index in [0.29, 0.717) is 17.8 Å². The lowest BCUT2D eigenvalue weighted by molar-refractivity contribution is 0.405. The highest BCUT2D eigenvalue weighted by Crippen LogP contribution is 2.14. The van der Waals surface area contributed by atoms with Gasteiger partial charge in [0.1, 0.15) is 11.9 Å². The fourth-order valence-electron chi connectivity index (χ4n) is 2.08. The summed E-state index contributed by atoms with van der Waals surface area (Å²) in [7, 11) is 0. The number of rotatable bonds is 1. The van der Waals surface area contributed by atoms with Gasteiger partial charge < -0.3 is 10.2 Å². The molecule has 1 aromatic heterocycles. The van der Waals surface area contributed by atoms with Crippen LogP contribution in [0.25, 0.3) is 0 Å². The van der Waals surface area contributed by atoms with Gasteiger partial charge in [0.25, 0.3) is 0 Å². The number of hydrogen-bond acceptors (Lipinski definition) is 5. The van der Waals surface area contributed by atoms with Crippen LogP contribution in [0.5, 0.6) is 0 Å². The van der Waals surface area contributed by atoms with Crippen molar-refractivity contribution in [3.8, 4) is 6.07 Å². The molecule has 1 aliphatic heterocycles. The first-order valence-electron chi connectivity index (χ1n) is 5.42. The Bertz CT molecular complexity index is 401. The molecule has 0 unspecified atom stereocenters. The van der Waals surface area contributed by atoms with Crippen LogP contribution in [0.15, 0.2) is 12.4 Å². The molecule has 0 saturated carbocycles. The SMILES string of the molecule is C[C@@H]1CN(c2cncc(C#N)n2)C[C@@H](C)N1. The molecular formula is C11H15N5. The topological polar surface area (TPSA) is 64.8 Å². The lowest BCUT2D eigenvalue weighted by Crippen LogP contribution is -2.54. The highest BCUT2D eigenvalue weighted by Gasteiger charge is 2.22. The molecule has 1 aliphatic rings. The lowest BCUT2D eigenvalue weighted by Gasteiger charge is -2.36. The zero-order valence-corrected chi connectivity index (χ0v) is 9.51. The summed E-state index contributed by atoms with van der Waals surface area (Å²) < 4.78 is 0. The second-order valence-corrected chi connectivity index (χ2v) is 4.25. The fourth-order valence-corrected chi connectivity index (χ4v) is 2.08. The zero-order valence-electron chi connectivity index (χ0n) is 9.51. The molecule has 84 valence electrons. The van der Waals surface area contributed by atoms with Crippen LogP contribution in [-0.2, 0) is 0 Å². The molecule has 1 N–H and O–H groups in total. The van der Waals surface area contributed by atoms with Crippen LogP contribution in [0.4, 0.5) is 5.82 Å². The Hall–Kier alpha value is -1.67. The quantitative estimate of drug-likeness (QED) is 0.743. The molecule has 2 heterocycles. The van der Waals surface area contributed by atoms with Crippen LogP contribution >= 0.6 is 0 Å². The summed E-state index contributed by atoms with van der Waals surface area (Å²) in [6.45, 7) is 6.08. The Kier molecular flexibility index (Phi) is 3.02. The van der Waals surface area contributed by atoms with Crippen molar-refractivity contribution in [2.75, 3.05) is 18.0 Å². The van der Waals surface area contributed by atoms with Crippen LogP contribution in [0.1, 0.15) is 19.5 Å². The molecule has 0 bridgehead atoms. The van der Waals surface area contributed by atoms with Crippen LogP contribution in [0.3, 0.4) is 0 Å². The molecule has 2 rings (SSSR count). The van der Waals surface area contributed by atoms with Gasteiger partial charge in [-0.1, -0.05) is 0 Å². The van der Waals surface area contributed by atoms with E-state index in [-0.39, 0.29) is 0 Å². The zero-order chi connectivity index (χ0) is 11.5. The molecule has 1 fully saturated rings. The van der Waals surface area contributed by atoms with E-state index in [0.717, 1.165) is 18.9 Å². The normalized spacial score (nSPS) is 25.2. The van der Waals surface area contributed by atoms with Crippen LogP contribution < -0.4 is 10.2 Å². The minimum atomic E-state index is 0.372. The Morgan fingerprint density at radius 2 is 2.06 bits per heavy atom. The standard InChI is InChI=1S/C11H15N5/c1-8-6-16(7-9(2)14-8)11-5-13-4-10(3-12)15-11/h4-5,8-9,14H,6-7H2,1-2H3/t8-,9-/m1/s1. The van der Waals surface area contributed by atoms with Gasteiger partial charge >= 0.3 is 0 Å². The average Bonchev–Trinajstić information content (AvgIpc) is 2.28. The fraction of sp³-hybridized carbons (Fsp3) is 0.545. The number of aromatic nitrogens is 2. The lowest BCUT2D eigenvalue weighted by atomic mass is 10.1. The second-order valence-electron chi connectivity index (χ2n) is 4.25. The Morgan fingerprint density at radius 1 is 1.38 bits per heavy atom. The van der Waals surface area contributed by atoms with E-state index in [9.17, 15) is 0 Å². The van der Waals surface area contributed by atoms with Gasteiger partial charge in [-0.15, -0.1) is 0 Å². The molecule has 16 heavy (non-hydrogen) atoms. The van der Waals surface area contributed by atoms with E-state index in [1.165, 1.54) is 6.20 Å². The third-order valence-corrected chi connectivity index (χ3v) is 2.62. The molecule has 1 aromatic rings. The summed E-state index contributed by atoms with van der Waals surface area (Å²) in [5.41, 5.74) is 0.372. The van der Waals surface area contributed by atoms with Crippen molar-refractivity contribution in [1.82, 2.24) is 15.3 Å². The van der Waals surface area contributed by atoms with Gasteiger partial charge in [-0.25, -0.2) is 4.98 Å². The average molecular weight is 217 g/mol. The van der Waals surface area contributed by atoms with Gasteiger partial charge in [0.05, 0.1) is 12.4 Å². The molecule has 5 heteroatoms. The maximum atomic E-state index is 8.78. The van der Waals surface area contributed by atoms with Gasteiger partial charge in [0, 0.05) is 25.2 Å². The first kappa shape index (κ1) is 10.8. The van der Waals surface area contributed by atoms with Crippen molar-refractivity contribution in [2.45, 2.75) is 25.9 Å². The first-order chi connectivity index (χ1) is 7.69. The van der Waals surface area contributed by atoms with Crippen molar-refractivity contribution in [2.24, 2.45) is 0 Å². The van der Waals surface area contributed by atoms with Crippen molar-refractivity contribution in [1.29, 1.82) is 5.26 Å². The molecule has 0 amide bonds. The number of nitrogens with one attached hydrogen (secondary N) is 1. The maximum absolute atomic E-state index is 8.78. The van der Waals surface area contributed by atoms with Gasteiger partial charge in [-0.05, 0) is 13.8 Å². The Balaban J connectivity index is 2.20. The molecule has 1 saturated heterocycles. The minimum absolute atomic E-state index is 0.372. The summed E-state index contributed by atoms with van der Waals surface area (Å²) in [4.78, 5) is 10.5. The first-order valence-corrected chi connectivity index (χ1v) is 5.42. The number of anilines is 1. The second kappa shape index (κ2) is 4.45. The maximum Gasteiger partial charge on any atom is 0.161 e. The van der Waals surface area contributed by atoms with E-state index in [2.05, 4.69) is 34.0 Å². The third-order valence-electron chi connectivity index (χ3n) is 2.62. The van der Waals surface area contributed by atoms with Crippen molar-refractivity contribution >= 4 is 5.82 Å². The van der Waals surface area contributed by atoms with Crippen molar-refractivity contribution in [3.05, 3.63) is 18.1 Å². The van der Waals surface area contributed by atoms with E-state index >= 15 is 0 Å². The number of nitriles is 1. The monoisotopic (exact) mass is 217 g/mol. The van der Waals surface area contributed by atoms with Crippen molar-refractivity contribution in [3.63, 3.8) is 0 Å². The van der Waals surface area contributed by atoms with E-state index in [1.807, 2.05) is 6.07 Å². The highest BCUT2D eigenvalue weighted by atomic mass is 15.3. The van der Waals surface area contributed by atoms with Gasteiger partial charge in [-0.2, -0.15) is 5.26 Å². The summed E-state index contributed by atoms with van der Waals surface area (Å²) in [6.07, 6.45) is 3.20. The van der Waals surface area contributed by atoms with E-state index in [1.54, 1.807) is 6.20 Å². The van der Waals surface area contributed by atoms with E-state index < -0.39 is 0 Å². The van der Waals surface area contributed by atoms with Gasteiger partial charge in [0.15, 0.2) is 5.69 Å². The predicted octanol–water partition coefficient (Wildman–Crippen LogP) is 0.535. The molecule has 0 aromatic carbocycles. The molecule has 0 radical (unpaired) electrons. The summed E-state index contributed by atoms with van der Waals surface area (Å²) in [5.74, 6) is 0.791. The number of piperazine rings is 1. The Morgan fingerprint density at radius 3 is 2.69 bits per heavy atom. The highest BCUT2D eigenvalue weighted by molar-refractivity contribution is 5.39. The number of nitrogens with zero attached hydrogens (tertiary/aromatic N) is 4. The largest absolute Gasteiger partial charge is 0.352 e. The summed E-state index contributed by atoms with van der Waals surface area (Å²) >= 11 is 0. The van der Waals surface area contributed by atoms with Crippen LogP contribution in [0.2, 0.25) is 0 Å². The summed E-state index contributed by atoms with van der Waals surface area (Å²) in [5, 5.41) is 12.2. The Labute approximate surface area is 95.1 Å². The molecular weight excluding hydrogens is 202 g/mol. The molecule has 0 aliphatic carbocycles. The molecule has 2 atom stereocenters. The van der Waals surface area contributed by atoms with Crippen LogP contribution in [0, 0.1) is 11.3 Å². The predicted molar refractivity (Wildman–Crippen MR) is 61.0 cm³/mol. The van der Waals surface area contributed by atoms with Crippen molar-refractivity contribution < 1.29 is 0 Å². The summed E-state index contributed by atoms with van der Waals surface area (Å²) in [6, 6.07) is 2.87. The third kappa shape index (κ3) is 2.28. The number of hydrogen-bond donors (Lipinski definition) is 1. The van der Waals surface area contributed by atoms with E-state index in [4.69, 9.17) is 5.26 Å². The van der Waals surface area contributed by atoms with Crippen LogP contribution in [-0.4, -0.2) is 35.1 Å². The minimum Gasteiger partial charge on any atom is -0.352 e.